The van der Waals surface area contributed by atoms with E-state index in [1.807, 2.05) is 6.26 Å². The SMILES string of the molecule is Cc1ccoc1P(C(C)(C)C)C(C)(C)C. The number of aryl methyl sites for hydroxylation is 1. The minimum absolute atomic E-state index is 0.288. The first-order chi connectivity index (χ1) is 6.64. The summed E-state index contributed by atoms with van der Waals surface area (Å²) in [7, 11) is -0.288. The van der Waals surface area contributed by atoms with E-state index >= 15 is 0 Å². The number of furan rings is 1. The van der Waals surface area contributed by atoms with Crippen LogP contribution in [0.15, 0.2) is 16.7 Å². The molecule has 0 aliphatic rings. The average Bonchev–Trinajstić information content (AvgIpc) is 2.30. The van der Waals surface area contributed by atoms with Gasteiger partial charge in [0.1, 0.15) is 5.50 Å². The summed E-state index contributed by atoms with van der Waals surface area (Å²) in [6, 6.07) is 2.07. The Hall–Kier alpha value is -0.290. The monoisotopic (exact) mass is 226 g/mol. The van der Waals surface area contributed by atoms with Crippen LogP contribution in [0.2, 0.25) is 0 Å². The van der Waals surface area contributed by atoms with Crippen LogP contribution in [0, 0.1) is 6.92 Å². The second-order valence-corrected chi connectivity index (χ2v) is 9.85. The lowest BCUT2D eigenvalue weighted by Crippen LogP contribution is -2.31. The molecule has 0 aliphatic heterocycles. The van der Waals surface area contributed by atoms with E-state index in [-0.39, 0.29) is 18.2 Å². The summed E-state index contributed by atoms with van der Waals surface area (Å²) >= 11 is 0. The van der Waals surface area contributed by atoms with Crippen molar-refractivity contribution in [2.24, 2.45) is 0 Å². The van der Waals surface area contributed by atoms with Crippen LogP contribution >= 0.6 is 7.92 Å². The molecule has 15 heavy (non-hydrogen) atoms. The highest BCUT2D eigenvalue weighted by Crippen LogP contribution is 2.58. The summed E-state index contributed by atoms with van der Waals surface area (Å²) < 4.78 is 5.71. The van der Waals surface area contributed by atoms with Crippen LogP contribution in [-0.4, -0.2) is 10.3 Å². The highest BCUT2D eigenvalue weighted by molar-refractivity contribution is 7.68. The molecule has 0 bridgehead atoms. The maximum Gasteiger partial charge on any atom is 0.129 e. The van der Waals surface area contributed by atoms with Crippen LogP contribution in [0.25, 0.3) is 0 Å². The van der Waals surface area contributed by atoms with Crippen molar-refractivity contribution < 1.29 is 4.42 Å². The Kier molecular flexibility index (Phi) is 3.36. The molecule has 1 heterocycles. The molecule has 0 aliphatic carbocycles. The standard InChI is InChI=1S/C13H23OP/c1-10-8-9-14-11(10)15(12(2,3)4)13(5,6)7/h8-9H,1-7H3. The number of hydrogen-bond acceptors (Lipinski definition) is 1. The third kappa shape index (κ3) is 2.84. The summed E-state index contributed by atoms with van der Waals surface area (Å²) in [5.41, 5.74) is 2.51. The van der Waals surface area contributed by atoms with Crippen LogP contribution < -0.4 is 5.50 Å². The maximum atomic E-state index is 5.71. The number of hydrogen-bond donors (Lipinski definition) is 0. The normalized spacial score (nSPS) is 13.6. The van der Waals surface area contributed by atoms with Crippen molar-refractivity contribution in [2.45, 2.75) is 58.8 Å². The van der Waals surface area contributed by atoms with E-state index in [0.717, 1.165) is 0 Å². The molecule has 0 unspecified atom stereocenters. The topological polar surface area (TPSA) is 13.1 Å². The molecule has 0 spiro atoms. The van der Waals surface area contributed by atoms with E-state index in [1.54, 1.807) is 0 Å². The first-order valence-electron chi connectivity index (χ1n) is 5.48. The molecule has 0 atom stereocenters. The quantitative estimate of drug-likeness (QED) is 0.651. The third-order valence-electron chi connectivity index (χ3n) is 2.38. The fourth-order valence-electron chi connectivity index (χ4n) is 2.21. The van der Waals surface area contributed by atoms with Gasteiger partial charge in [-0.15, -0.1) is 0 Å². The fourth-order valence-corrected chi connectivity index (χ4v) is 6.03. The van der Waals surface area contributed by atoms with Gasteiger partial charge in [0.25, 0.3) is 0 Å². The van der Waals surface area contributed by atoms with Gasteiger partial charge in [0, 0.05) is 0 Å². The van der Waals surface area contributed by atoms with Crippen molar-refractivity contribution in [3.8, 4) is 0 Å². The number of rotatable bonds is 1. The molecule has 0 fully saturated rings. The van der Waals surface area contributed by atoms with Crippen molar-refractivity contribution in [3.05, 3.63) is 17.9 Å². The maximum absolute atomic E-state index is 5.71. The van der Waals surface area contributed by atoms with E-state index in [1.165, 1.54) is 11.1 Å². The van der Waals surface area contributed by atoms with E-state index in [0.29, 0.717) is 0 Å². The highest BCUT2D eigenvalue weighted by atomic mass is 31.1. The minimum Gasteiger partial charge on any atom is -0.464 e. The molecule has 0 aromatic carbocycles. The van der Waals surface area contributed by atoms with Gasteiger partial charge in [0.15, 0.2) is 0 Å². The molecule has 0 N–H and O–H groups in total. The molecule has 1 nitrogen and oxygen atoms in total. The summed E-state index contributed by atoms with van der Waals surface area (Å²) in [5, 5.41) is 0.576. The molecule has 1 rings (SSSR count). The van der Waals surface area contributed by atoms with Gasteiger partial charge < -0.3 is 4.42 Å². The van der Waals surface area contributed by atoms with E-state index < -0.39 is 0 Å². The van der Waals surface area contributed by atoms with E-state index in [2.05, 4.69) is 54.5 Å². The molecule has 1 aromatic heterocycles. The highest BCUT2D eigenvalue weighted by Gasteiger charge is 2.38. The Morgan fingerprint density at radius 2 is 1.47 bits per heavy atom. The molecular weight excluding hydrogens is 203 g/mol. The fraction of sp³-hybridized carbons (Fsp3) is 0.692. The van der Waals surface area contributed by atoms with Gasteiger partial charge in [-0.05, 0) is 36.8 Å². The molecule has 0 saturated carbocycles. The predicted octanol–water partition coefficient (Wildman–Crippen LogP) is 4.29. The van der Waals surface area contributed by atoms with Gasteiger partial charge in [-0.2, -0.15) is 0 Å². The van der Waals surface area contributed by atoms with Crippen LogP contribution in [0.4, 0.5) is 0 Å². The Morgan fingerprint density at radius 1 is 1.00 bits per heavy atom. The van der Waals surface area contributed by atoms with Crippen molar-refractivity contribution >= 4 is 13.4 Å². The lowest BCUT2D eigenvalue weighted by molar-refractivity contribution is 0.591. The summed E-state index contributed by atoms with van der Waals surface area (Å²) in [6.45, 7) is 16.0. The summed E-state index contributed by atoms with van der Waals surface area (Å²) in [4.78, 5) is 0. The van der Waals surface area contributed by atoms with Gasteiger partial charge >= 0.3 is 0 Å². The molecular formula is C13H23OP. The van der Waals surface area contributed by atoms with E-state index in [4.69, 9.17) is 4.42 Å². The molecule has 0 saturated heterocycles. The van der Waals surface area contributed by atoms with Gasteiger partial charge in [0.2, 0.25) is 0 Å². The third-order valence-corrected chi connectivity index (χ3v) is 5.93. The Labute approximate surface area is 95.0 Å². The smallest absolute Gasteiger partial charge is 0.129 e. The Bertz CT molecular complexity index is 311. The van der Waals surface area contributed by atoms with Crippen molar-refractivity contribution in [3.63, 3.8) is 0 Å². The molecule has 1 aromatic rings. The summed E-state index contributed by atoms with van der Waals surface area (Å²) in [5.74, 6) is 0. The van der Waals surface area contributed by atoms with Crippen LogP contribution in [-0.2, 0) is 0 Å². The minimum atomic E-state index is -0.288. The Morgan fingerprint density at radius 3 is 1.73 bits per heavy atom. The zero-order valence-corrected chi connectivity index (χ0v) is 11.9. The van der Waals surface area contributed by atoms with Crippen LogP contribution in [0.5, 0.6) is 0 Å². The second-order valence-electron chi connectivity index (χ2n) is 6.09. The molecule has 86 valence electrons. The molecule has 2 heteroatoms. The van der Waals surface area contributed by atoms with E-state index in [9.17, 15) is 0 Å². The Balaban J connectivity index is 3.20. The van der Waals surface area contributed by atoms with Crippen LogP contribution in [0.1, 0.15) is 47.1 Å². The van der Waals surface area contributed by atoms with Gasteiger partial charge in [-0.3, -0.25) is 0 Å². The largest absolute Gasteiger partial charge is 0.464 e. The van der Waals surface area contributed by atoms with Gasteiger partial charge in [-0.1, -0.05) is 41.5 Å². The predicted molar refractivity (Wildman–Crippen MR) is 69.5 cm³/mol. The van der Waals surface area contributed by atoms with Crippen molar-refractivity contribution in [1.82, 2.24) is 0 Å². The lowest BCUT2D eigenvalue weighted by atomic mass is 10.2. The van der Waals surface area contributed by atoms with Crippen LogP contribution in [0.3, 0.4) is 0 Å². The molecule has 0 amide bonds. The van der Waals surface area contributed by atoms with Crippen molar-refractivity contribution in [1.29, 1.82) is 0 Å². The van der Waals surface area contributed by atoms with Gasteiger partial charge in [-0.25, -0.2) is 0 Å². The first kappa shape index (κ1) is 12.8. The average molecular weight is 226 g/mol. The first-order valence-corrected chi connectivity index (χ1v) is 6.82. The van der Waals surface area contributed by atoms with Crippen molar-refractivity contribution in [2.75, 3.05) is 0 Å². The lowest BCUT2D eigenvalue weighted by Gasteiger charge is -2.40. The van der Waals surface area contributed by atoms with Gasteiger partial charge in [0.05, 0.1) is 6.26 Å². The zero-order chi connectivity index (χ0) is 11.9. The zero-order valence-electron chi connectivity index (χ0n) is 11.0. The summed E-state index contributed by atoms with van der Waals surface area (Å²) in [6.07, 6.45) is 1.82. The molecule has 0 radical (unpaired) electrons. The second kappa shape index (κ2) is 3.94.